The molecule has 0 radical (unpaired) electrons. The van der Waals surface area contributed by atoms with Gasteiger partial charge in [0.2, 0.25) is 0 Å². The van der Waals surface area contributed by atoms with Crippen LogP contribution in [0.3, 0.4) is 0 Å². The number of Topliss-reactive ketones (excluding diaryl/α,β-unsaturated/α-hetero) is 1. The van der Waals surface area contributed by atoms with E-state index in [9.17, 15) is 9.59 Å². The minimum atomic E-state index is -0.346. The smallest absolute Gasteiger partial charge is 0.313 e. The zero-order valence-electron chi connectivity index (χ0n) is 16.6. The van der Waals surface area contributed by atoms with Crippen LogP contribution in [0.5, 0.6) is 0 Å². The molecule has 0 amide bonds. The van der Waals surface area contributed by atoms with Gasteiger partial charge in [-0.1, -0.05) is 79.1 Å². The lowest BCUT2D eigenvalue weighted by atomic mass is 9.90. The number of carbonyl (C=O) groups is 2. The molecule has 0 heterocycles. The minimum Gasteiger partial charge on any atom is -0.465 e. The molecule has 142 valence electrons. The van der Waals surface area contributed by atoms with Gasteiger partial charge in [-0.2, -0.15) is 0 Å². The van der Waals surface area contributed by atoms with Crippen LogP contribution >= 0.6 is 0 Å². The Bertz CT molecular complexity index is 323. The quantitative estimate of drug-likeness (QED) is 0.194. The second-order valence-electron chi connectivity index (χ2n) is 7.43. The Kier molecular flexibility index (Phi) is 15.1. The van der Waals surface area contributed by atoms with Gasteiger partial charge in [0.25, 0.3) is 0 Å². The number of ether oxygens (including phenoxy) is 1. The van der Waals surface area contributed by atoms with Crippen molar-refractivity contribution in [3.63, 3.8) is 0 Å². The Labute approximate surface area is 149 Å². The average molecular weight is 341 g/mol. The van der Waals surface area contributed by atoms with E-state index >= 15 is 0 Å². The van der Waals surface area contributed by atoms with Crippen LogP contribution in [0.25, 0.3) is 0 Å². The zero-order valence-corrected chi connectivity index (χ0v) is 16.6. The summed E-state index contributed by atoms with van der Waals surface area (Å²) in [5, 5.41) is 0. The van der Waals surface area contributed by atoms with Crippen molar-refractivity contribution in [1.82, 2.24) is 0 Å². The SMILES string of the molecule is CCCCCCCCCCCOC(=O)CC(=O)C(CC)CC(C)C. The lowest BCUT2D eigenvalue weighted by Gasteiger charge is -2.15. The third kappa shape index (κ3) is 13.6. The number of rotatable bonds is 16. The number of ketones is 1. The molecule has 0 aromatic carbocycles. The van der Waals surface area contributed by atoms with Crippen LogP contribution in [0.4, 0.5) is 0 Å². The first kappa shape index (κ1) is 23.1. The van der Waals surface area contributed by atoms with Crippen molar-refractivity contribution in [2.75, 3.05) is 6.61 Å². The van der Waals surface area contributed by atoms with Gasteiger partial charge in [-0.3, -0.25) is 9.59 Å². The Balaban J connectivity index is 3.60. The molecule has 0 aliphatic rings. The fourth-order valence-corrected chi connectivity index (χ4v) is 3.03. The van der Waals surface area contributed by atoms with Gasteiger partial charge in [0.15, 0.2) is 0 Å². The van der Waals surface area contributed by atoms with Crippen molar-refractivity contribution < 1.29 is 14.3 Å². The highest BCUT2D eigenvalue weighted by Crippen LogP contribution is 2.18. The molecule has 1 unspecified atom stereocenters. The van der Waals surface area contributed by atoms with Gasteiger partial charge >= 0.3 is 5.97 Å². The van der Waals surface area contributed by atoms with E-state index in [1.54, 1.807) is 0 Å². The fraction of sp³-hybridized carbons (Fsp3) is 0.905. The highest BCUT2D eigenvalue weighted by atomic mass is 16.5. The van der Waals surface area contributed by atoms with Crippen LogP contribution in [0.2, 0.25) is 0 Å². The normalized spacial score (nSPS) is 12.4. The maximum Gasteiger partial charge on any atom is 0.313 e. The average Bonchev–Trinajstić information content (AvgIpc) is 2.54. The van der Waals surface area contributed by atoms with E-state index in [2.05, 4.69) is 20.8 Å². The van der Waals surface area contributed by atoms with Crippen LogP contribution < -0.4 is 0 Å². The summed E-state index contributed by atoms with van der Waals surface area (Å²) < 4.78 is 5.21. The molecule has 0 N–H and O–H groups in total. The number of esters is 1. The standard InChI is InChI=1S/C21H40O3/c1-5-7-8-9-10-11-12-13-14-15-24-21(23)17-20(22)19(6-2)16-18(3)4/h18-19H,5-17H2,1-4H3. The summed E-state index contributed by atoms with van der Waals surface area (Å²) in [5.74, 6) is 0.187. The Morgan fingerprint density at radius 2 is 1.38 bits per heavy atom. The van der Waals surface area contributed by atoms with E-state index in [0.29, 0.717) is 12.5 Å². The number of hydrogen-bond donors (Lipinski definition) is 0. The molecule has 0 bridgehead atoms. The van der Waals surface area contributed by atoms with E-state index in [4.69, 9.17) is 4.74 Å². The predicted molar refractivity (Wildman–Crippen MR) is 101 cm³/mol. The third-order valence-corrected chi connectivity index (χ3v) is 4.53. The number of carbonyl (C=O) groups excluding carboxylic acids is 2. The summed E-state index contributed by atoms with van der Waals surface area (Å²) >= 11 is 0. The molecule has 0 aliphatic carbocycles. The molecule has 0 fully saturated rings. The van der Waals surface area contributed by atoms with Crippen molar-refractivity contribution in [2.24, 2.45) is 11.8 Å². The van der Waals surface area contributed by atoms with Gasteiger partial charge in [0.1, 0.15) is 12.2 Å². The second-order valence-corrected chi connectivity index (χ2v) is 7.43. The summed E-state index contributed by atoms with van der Waals surface area (Å²) in [6.07, 6.45) is 12.8. The molecule has 3 nitrogen and oxygen atoms in total. The molecule has 0 aliphatic heterocycles. The fourth-order valence-electron chi connectivity index (χ4n) is 3.03. The predicted octanol–water partition coefficient (Wildman–Crippen LogP) is 6.09. The molecule has 0 saturated heterocycles. The molecule has 0 aromatic heterocycles. The van der Waals surface area contributed by atoms with Gasteiger partial charge < -0.3 is 4.74 Å². The first-order valence-corrected chi connectivity index (χ1v) is 10.2. The first-order valence-electron chi connectivity index (χ1n) is 10.2. The molecular formula is C21H40O3. The summed E-state index contributed by atoms with van der Waals surface area (Å²) in [6.45, 7) is 8.93. The minimum absolute atomic E-state index is 0.00487. The molecule has 1 atom stereocenters. The van der Waals surface area contributed by atoms with Crippen molar-refractivity contribution in [3.05, 3.63) is 0 Å². The topological polar surface area (TPSA) is 43.4 Å². The number of hydrogen-bond acceptors (Lipinski definition) is 3. The highest BCUT2D eigenvalue weighted by molar-refractivity contribution is 5.96. The molecule has 0 rings (SSSR count). The second kappa shape index (κ2) is 15.7. The van der Waals surface area contributed by atoms with E-state index in [1.165, 1.54) is 44.9 Å². The maximum atomic E-state index is 12.1. The van der Waals surface area contributed by atoms with E-state index in [1.807, 2.05) is 6.92 Å². The summed E-state index contributed by atoms with van der Waals surface area (Å²) in [4.78, 5) is 23.9. The van der Waals surface area contributed by atoms with Crippen LogP contribution in [0.15, 0.2) is 0 Å². The molecule has 0 spiro atoms. The van der Waals surface area contributed by atoms with Crippen molar-refractivity contribution >= 4 is 11.8 Å². The van der Waals surface area contributed by atoms with Crippen LogP contribution in [0, 0.1) is 11.8 Å². The Morgan fingerprint density at radius 1 is 0.833 bits per heavy atom. The van der Waals surface area contributed by atoms with Crippen molar-refractivity contribution in [2.45, 2.75) is 105 Å². The first-order chi connectivity index (χ1) is 11.5. The van der Waals surface area contributed by atoms with Crippen molar-refractivity contribution in [3.8, 4) is 0 Å². The van der Waals surface area contributed by atoms with Gasteiger partial charge in [-0.25, -0.2) is 0 Å². The van der Waals surface area contributed by atoms with Crippen molar-refractivity contribution in [1.29, 1.82) is 0 Å². The summed E-state index contributed by atoms with van der Waals surface area (Å²) in [7, 11) is 0. The van der Waals surface area contributed by atoms with E-state index in [0.717, 1.165) is 25.7 Å². The van der Waals surface area contributed by atoms with Crippen LogP contribution in [-0.4, -0.2) is 18.4 Å². The molecular weight excluding hydrogens is 300 g/mol. The monoisotopic (exact) mass is 340 g/mol. The molecule has 24 heavy (non-hydrogen) atoms. The third-order valence-electron chi connectivity index (χ3n) is 4.53. The van der Waals surface area contributed by atoms with Gasteiger partial charge in [0.05, 0.1) is 6.61 Å². The van der Waals surface area contributed by atoms with Crippen LogP contribution in [-0.2, 0) is 14.3 Å². The maximum absolute atomic E-state index is 12.1. The molecule has 0 aromatic rings. The van der Waals surface area contributed by atoms with Gasteiger partial charge in [-0.15, -0.1) is 0 Å². The Hall–Kier alpha value is -0.860. The van der Waals surface area contributed by atoms with E-state index < -0.39 is 0 Å². The summed E-state index contributed by atoms with van der Waals surface area (Å²) in [6, 6.07) is 0. The lowest BCUT2D eigenvalue weighted by Crippen LogP contribution is -2.20. The zero-order chi connectivity index (χ0) is 18.2. The Morgan fingerprint density at radius 3 is 1.88 bits per heavy atom. The summed E-state index contributed by atoms with van der Waals surface area (Å²) in [5.41, 5.74) is 0. The van der Waals surface area contributed by atoms with Crippen LogP contribution in [0.1, 0.15) is 105 Å². The van der Waals surface area contributed by atoms with Gasteiger partial charge in [-0.05, 0) is 25.2 Å². The van der Waals surface area contributed by atoms with Gasteiger partial charge in [0, 0.05) is 5.92 Å². The largest absolute Gasteiger partial charge is 0.465 e. The molecule has 3 heteroatoms. The molecule has 0 saturated carbocycles. The lowest BCUT2D eigenvalue weighted by molar-refractivity contribution is -0.147. The highest BCUT2D eigenvalue weighted by Gasteiger charge is 2.21. The van der Waals surface area contributed by atoms with E-state index in [-0.39, 0.29) is 24.1 Å². The number of unbranched alkanes of at least 4 members (excludes halogenated alkanes) is 8.